The van der Waals surface area contributed by atoms with Gasteiger partial charge in [0.1, 0.15) is 11.5 Å². The highest BCUT2D eigenvalue weighted by Gasteiger charge is 2.13. The minimum absolute atomic E-state index is 0.0357. The Bertz CT molecular complexity index is 471. The molecule has 0 aromatic heterocycles. The summed E-state index contributed by atoms with van der Waals surface area (Å²) in [5.74, 6) is 4.90. The van der Waals surface area contributed by atoms with E-state index in [1.165, 1.54) is 17.1 Å². The summed E-state index contributed by atoms with van der Waals surface area (Å²) in [6.45, 7) is 3.87. The number of nitrogens with zero attached hydrogens (tertiary/aromatic N) is 1. The quantitative estimate of drug-likeness (QED) is 0.363. The van der Waals surface area contributed by atoms with Crippen molar-refractivity contribution in [1.82, 2.24) is 5.01 Å². The molecular formula is C13H18FN3O2. The number of allylic oxidation sites excluding steroid dienone is 1. The van der Waals surface area contributed by atoms with E-state index >= 15 is 0 Å². The molecule has 6 heteroatoms. The first-order valence-electron chi connectivity index (χ1n) is 5.85. The second-order valence-corrected chi connectivity index (χ2v) is 3.97. The maximum atomic E-state index is 12.8. The van der Waals surface area contributed by atoms with Crippen molar-refractivity contribution in [2.75, 3.05) is 6.61 Å². The van der Waals surface area contributed by atoms with Crippen LogP contribution in [0.4, 0.5) is 4.39 Å². The van der Waals surface area contributed by atoms with Crippen LogP contribution in [0, 0.1) is 5.82 Å². The van der Waals surface area contributed by atoms with Crippen molar-refractivity contribution in [2.45, 2.75) is 20.4 Å². The van der Waals surface area contributed by atoms with Gasteiger partial charge in [0.25, 0.3) is 0 Å². The molecule has 0 amide bonds. The zero-order valence-electron chi connectivity index (χ0n) is 11.0. The average molecular weight is 267 g/mol. The molecule has 0 bridgehead atoms. The summed E-state index contributed by atoms with van der Waals surface area (Å²) in [7, 11) is 0. The second-order valence-electron chi connectivity index (χ2n) is 3.97. The van der Waals surface area contributed by atoms with E-state index in [1.54, 1.807) is 26.0 Å². The van der Waals surface area contributed by atoms with E-state index < -0.39 is 5.97 Å². The maximum absolute atomic E-state index is 12.8. The Hall–Kier alpha value is -2.08. The molecule has 0 unspecified atom stereocenters. The number of rotatable bonds is 5. The summed E-state index contributed by atoms with van der Waals surface area (Å²) >= 11 is 0. The van der Waals surface area contributed by atoms with Gasteiger partial charge in [-0.2, -0.15) is 0 Å². The van der Waals surface area contributed by atoms with Gasteiger partial charge in [0.05, 0.1) is 18.8 Å². The Kier molecular flexibility index (Phi) is 5.32. The van der Waals surface area contributed by atoms with E-state index in [2.05, 4.69) is 0 Å². The molecule has 104 valence electrons. The molecule has 0 aliphatic carbocycles. The monoisotopic (exact) mass is 267 g/mol. The van der Waals surface area contributed by atoms with Crippen molar-refractivity contribution in [2.24, 2.45) is 11.6 Å². The highest BCUT2D eigenvalue weighted by atomic mass is 19.1. The molecule has 5 nitrogen and oxygen atoms in total. The van der Waals surface area contributed by atoms with Crippen LogP contribution in [0.2, 0.25) is 0 Å². The van der Waals surface area contributed by atoms with Crippen LogP contribution >= 0.6 is 0 Å². The highest BCUT2D eigenvalue weighted by Crippen LogP contribution is 2.10. The Morgan fingerprint density at radius 1 is 1.37 bits per heavy atom. The van der Waals surface area contributed by atoms with Crippen molar-refractivity contribution in [3.8, 4) is 0 Å². The third kappa shape index (κ3) is 4.26. The van der Waals surface area contributed by atoms with E-state index in [-0.39, 0.29) is 18.1 Å². The van der Waals surface area contributed by atoms with Gasteiger partial charge < -0.3 is 15.5 Å². The van der Waals surface area contributed by atoms with E-state index in [0.717, 1.165) is 5.56 Å². The first-order chi connectivity index (χ1) is 8.95. The molecule has 0 spiro atoms. The molecule has 19 heavy (non-hydrogen) atoms. The summed E-state index contributed by atoms with van der Waals surface area (Å²) in [4.78, 5) is 11.4. The van der Waals surface area contributed by atoms with Crippen molar-refractivity contribution in [3.05, 3.63) is 47.0 Å². The summed E-state index contributed by atoms with van der Waals surface area (Å²) in [5, 5.41) is 1.32. The van der Waals surface area contributed by atoms with Crippen LogP contribution in [-0.2, 0) is 16.1 Å². The van der Waals surface area contributed by atoms with Crippen molar-refractivity contribution in [3.63, 3.8) is 0 Å². The molecule has 0 heterocycles. The summed E-state index contributed by atoms with van der Waals surface area (Å²) < 4.78 is 17.6. The molecule has 0 atom stereocenters. The fourth-order valence-electron chi connectivity index (χ4n) is 1.42. The molecule has 1 aromatic rings. The highest BCUT2D eigenvalue weighted by molar-refractivity contribution is 5.88. The molecule has 0 radical (unpaired) electrons. The molecule has 1 rings (SSSR count). The van der Waals surface area contributed by atoms with Crippen LogP contribution in [0.15, 0.2) is 35.7 Å². The van der Waals surface area contributed by atoms with Crippen molar-refractivity contribution >= 4 is 5.97 Å². The SMILES string of the molecule is CCOC(=O)/C(N)=C(\C)N(N)Cc1ccc(F)cc1. The van der Waals surface area contributed by atoms with Gasteiger partial charge in [-0.1, -0.05) is 12.1 Å². The molecule has 0 aliphatic heterocycles. The van der Waals surface area contributed by atoms with Gasteiger partial charge in [-0.15, -0.1) is 0 Å². The Labute approximate surface area is 111 Å². The summed E-state index contributed by atoms with van der Waals surface area (Å²) in [6, 6.07) is 5.92. The topological polar surface area (TPSA) is 81.6 Å². The molecular weight excluding hydrogens is 249 g/mol. The largest absolute Gasteiger partial charge is 0.461 e. The number of hydrogen-bond acceptors (Lipinski definition) is 5. The number of esters is 1. The fourth-order valence-corrected chi connectivity index (χ4v) is 1.42. The minimum atomic E-state index is -0.602. The Morgan fingerprint density at radius 3 is 2.47 bits per heavy atom. The number of nitrogens with two attached hydrogens (primary N) is 2. The number of ether oxygens (including phenoxy) is 1. The van der Waals surface area contributed by atoms with Crippen LogP contribution in [0.25, 0.3) is 0 Å². The summed E-state index contributed by atoms with van der Waals surface area (Å²) in [6.07, 6.45) is 0. The predicted octanol–water partition coefficient (Wildman–Crippen LogP) is 1.25. The van der Waals surface area contributed by atoms with Crippen LogP contribution in [-0.4, -0.2) is 17.6 Å². The molecule has 0 aliphatic rings. The van der Waals surface area contributed by atoms with Gasteiger partial charge in [-0.05, 0) is 31.5 Å². The second kappa shape index (κ2) is 6.75. The smallest absolute Gasteiger partial charge is 0.356 e. The minimum Gasteiger partial charge on any atom is -0.461 e. The van der Waals surface area contributed by atoms with Crippen LogP contribution in [0.1, 0.15) is 19.4 Å². The Morgan fingerprint density at radius 2 is 1.95 bits per heavy atom. The van der Waals surface area contributed by atoms with E-state index in [1.807, 2.05) is 0 Å². The van der Waals surface area contributed by atoms with E-state index in [4.69, 9.17) is 16.3 Å². The first-order valence-corrected chi connectivity index (χ1v) is 5.85. The normalized spacial score (nSPS) is 11.8. The zero-order chi connectivity index (χ0) is 14.4. The van der Waals surface area contributed by atoms with Gasteiger partial charge in [0.2, 0.25) is 0 Å². The van der Waals surface area contributed by atoms with E-state index in [0.29, 0.717) is 12.2 Å². The van der Waals surface area contributed by atoms with Crippen LogP contribution in [0.3, 0.4) is 0 Å². The first kappa shape index (κ1) is 15.0. The maximum Gasteiger partial charge on any atom is 0.356 e. The molecule has 1 aromatic carbocycles. The lowest BCUT2D eigenvalue weighted by atomic mass is 10.2. The number of hydrogen-bond donors (Lipinski definition) is 2. The molecule has 0 saturated heterocycles. The zero-order valence-corrected chi connectivity index (χ0v) is 11.0. The molecule has 0 fully saturated rings. The molecule has 0 saturated carbocycles. The number of hydrazine groups is 1. The Balaban J connectivity index is 2.76. The third-order valence-corrected chi connectivity index (χ3v) is 2.58. The van der Waals surface area contributed by atoms with E-state index in [9.17, 15) is 9.18 Å². The van der Waals surface area contributed by atoms with Gasteiger partial charge in [-0.3, -0.25) is 0 Å². The number of halogens is 1. The number of carbonyl (C=O) groups is 1. The number of carbonyl (C=O) groups excluding carboxylic acids is 1. The van der Waals surface area contributed by atoms with Gasteiger partial charge in [0, 0.05) is 0 Å². The molecule has 4 N–H and O–H groups in total. The van der Waals surface area contributed by atoms with Crippen LogP contribution < -0.4 is 11.6 Å². The van der Waals surface area contributed by atoms with Crippen molar-refractivity contribution < 1.29 is 13.9 Å². The van der Waals surface area contributed by atoms with Crippen LogP contribution in [0.5, 0.6) is 0 Å². The predicted molar refractivity (Wildman–Crippen MR) is 69.7 cm³/mol. The van der Waals surface area contributed by atoms with Gasteiger partial charge >= 0.3 is 5.97 Å². The standard InChI is InChI=1S/C13H18FN3O2/c1-3-19-13(18)12(15)9(2)17(16)8-10-4-6-11(14)7-5-10/h4-7H,3,8,15-16H2,1-2H3/b12-9-. The van der Waals surface area contributed by atoms with Crippen molar-refractivity contribution in [1.29, 1.82) is 0 Å². The lowest BCUT2D eigenvalue weighted by Gasteiger charge is -2.20. The number of benzene rings is 1. The fraction of sp³-hybridized carbons (Fsp3) is 0.308. The van der Waals surface area contributed by atoms with Gasteiger partial charge in [0.15, 0.2) is 0 Å². The average Bonchev–Trinajstić information content (AvgIpc) is 2.39. The summed E-state index contributed by atoms with van der Waals surface area (Å²) in [5.41, 5.74) is 6.82. The van der Waals surface area contributed by atoms with Gasteiger partial charge in [-0.25, -0.2) is 15.0 Å². The third-order valence-electron chi connectivity index (χ3n) is 2.58. The lowest BCUT2D eigenvalue weighted by Crippen LogP contribution is -2.32. The lowest BCUT2D eigenvalue weighted by molar-refractivity contribution is -0.138.